The van der Waals surface area contributed by atoms with Gasteiger partial charge in [-0.1, -0.05) is 22.0 Å². The summed E-state index contributed by atoms with van der Waals surface area (Å²) in [6.45, 7) is 3.62. The Balaban J connectivity index is 2.50. The van der Waals surface area contributed by atoms with Gasteiger partial charge in [-0.25, -0.2) is 0 Å². The lowest BCUT2D eigenvalue weighted by Crippen LogP contribution is -2.31. The number of hydrogen-bond donors (Lipinski definition) is 2. The van der Waals surface area contributed by atoms with Crippen LogP contribution in [0.4, 0.5) is 0 Å². The van der Waals surface area contributed by atoms with Crippen LogP contribution in [0.5, 0.6) is 0 Å². The second-order valence-corrected chi connectivity index (χ2v) is 5.62. The van der Waals surface area contributed by atoms with Gasteiger partial charge in [-0.3, -0.25) is 9.59 Å². The largest absolute Gasteiger partial charge is 0.481 e. The van der Waals surface area contributed by atoms with Crippen LogP contribution in [-0.4, -0.2) is 23.5 Å². The SMILES string of the molecule is CC(C)(CCNC(=O)c1cccc(Br)c1)C(=O)O. The number of aliphatic carboxylic acids is 1. The van der Waals surface area contributed by atoms with E-state index in [0.717, 1.165) is 4.47 Å². The number of carbonyl (C=O) groups excluding carboxylic acids is 1. The Hall–Kier alpha value is -1.36. The molecule has 0 saturated heterocycles. The molecule has 0 atom stereocenters. The molecule has 1 amide bonds. The minimum atomic E-state index is -0.862. The van der Waals surface area contributed by atoms with Gasteiger partial charge >= 0.3 is 5.97 Å². The summed E-state index contributed by atoms with van der Waals surface area (Å²) in [4.78, 5) is 22.7. The van der Waals surface area contributed by atoms with E-state index in [-0.39, 0.29) is 5.91 Å². The molecule has 0 saturated carbocycles. The molecule has 0 fully saturated rings. The number of halogens is 1. The van der Waals surface area contributed by atoms with Gasteiger partial charge < -0.3 is 10.4 Å². The number of benzene rings is 1. The molecular weight excluding hydrogens is 298 g/mol. The van der Waals surface area contributed by atoms with Crippen molar-refractivity contribution in [2.24, 2.45) is 5.41 Å². The molecule has 98 valence electrons. The van der Waals surface area contributed by atoms with E-state index in [1.165, 1.54) is 0 Å². The van der Waals surface area contributed by atoms with Crippen molar-refractivity contribution in [1.29, 1.82) is 0 Å². The molecular formula is C13H16BrNO3. The summed E-state index contributed by atoms with van der Waals surface area (Å²) in [5.74, 6) is -1.06. The number of carbonyl (C=O) groups is 2. The fraction of sp³-hybridized carbons (Fsp3) is 0.385. The Morgan fingerprint density at radius 1 is 1.39 bits per heavy atom. The van der Waals surface area contributed by atoms with E-state index in [1.54, 1.807) is 32.0 Å². The van der Waals surface area contributed by atoms with Gasteiger partial charge in [-0.05, 0) is 38.5 Å². The number of amides is 1. The van der Waals surface area contributed by atoms with Crippen molar-refractivity contribution in [3.05, 3.63) is 34.3 Å². The van der Waals surface area contributed by atoms with E-state index in [2.05, 4.69) is 21.2 Å². The third-order valence-corrected chi connectivity index (χ3v) is 3.19. The highest BCUT2D eigenvalue weighted by Crippen LogP contribution is 2.19. The average molecular weight is 314 g/mol. The van der Waals surface area contributed by atoms with Gasteiger partial charge in [-0.15, -0.1) is 0 Å². The average Bonchev–Trinajstić information content (AvgIpc) is 2.28. The summed E-state index contributed by atoms with van der Waals surface area (Å²) in [6, 6.07) is 7.05. The maximum absolute atomic E-state index is 11.8. The zero-order chi connectivity index (χ0) is 13.8. The molecule has 1 rings (SSSR count). The van der Waals surface area contributed by atoms with Crippen molar-refractivity contribution in [3.8, 4) is 0 Å². The van der Waals surface area contributed by atoms with Gasteiger partial charge in [0.25, 0.3) is 5.91 Å². The van der Waals surface area contributed by atoms with Crippen molar-refractivity contribution in [1.82, 2.24) is 5.32 Å². The smallest absolute Gasteiger partial charge is 0.309 e. The van der Waals surface area contributed by atoms with Gasteiger partial charge in [0.2, 0.25) is 0 Å². The zero-order valence-electron chi connectivity index (χ0n) is 10.4. The van der Waals surface area contributed by atoms with Crippen LogP contribution in [0.15, 0.2) is 28.7 Å². The van der Waals surface area contributed by atoms with Crippen molar-refractivity contribution in [2.45, 2.75) is 20.3 Å². The first-order valence-corrected chi connectivity index (χ1v) is 6.39. The van der Waals surface area contributed by atoms with Gasteiger partial charge in [0, 0.05) is 16.6 Å². The van der Waals surface area contributed by atoms with Crippen LogP contribution in [0.1, 0.15) is 30.6 Å². The maximum atomic E-state index is 11.8. The fourth-order valence-corrected chi connectivity index (χ4v) is 1.73. The van der Waals surface area contributed by atoms with Crippen molar-refractivity contribution in [3.63, 3.8) is 0 Å². The molecule has 1 aromatic carbocycles. The summed E-state index contributed by atoms with van der Waals surface area (Å²) in [5, 5.41) is 11.7. The van der Waals surface area contributed by atoms with Crippen molar-refractivity contribution in [2.75, 3.05) is 6.54 Å². The number of nitrogens with one attached hydrogen (secondary N) is 1. The second kappa shape index (κ2) is 6.00. The Morgan fingerprint density at radius 3 is 2.61 bits per heavy atom. The molecule has 0 aliphatic carbocycles. The van der Waals surface area contributed by atoms with Gasteiger partial charge in [-0.2, -0.15) is 0 Å². The molecule has 0 aliphatic rings. The quantitative estimate of drug-likeness (QED) is 0.878. The molecule has 0 aliphatic heterocycles. The number of carboxylic acids is 1. The lowest BCUT2D eigenvalue weighted by atomic mass is 9.90. The summed E-state index contributed by atoms with van der Waals surface area (Å²) in [5.41, 5.74) is -0.276. The van der Waals surface area contributed by atoms with E-state index in [4.69, 9.17) is 5.11 Å². The first-order chi connectivity index (χ1) is 8.33. The van der Waals surface area contributed by atoms with E-state index in [1.807, 2.05) is 6.07 Å². The first-order valence-electron chi connectivity index (χ1n) is 5.60. The van der Waals surface area contributed by atoms with E-state index >= 15 is 0 Å². The number of hydrogen-bond acceptors (Lipinski definition) is 2. The Morgan fingerprint density at radius 2 is 2.06 bits per heavy atom. The van der Waals surface area contributed by atoms with Crippen LogP contribution < -0.4 is 5.32 Å². The molecule has 4 nitrogen and oxygen atoms in total. The highest BCUT2D eigenvalue weighted by molar-refractivity contribution is 9.10. The van der Waals surface area contributed by atoms with Gasteiger partial charge in [0.15, 0.2) is 0 Å². The van der Waals surface area contributed by atoms with Crippen molar-refractivity contribution >= 4 is 27.8 Å². The predicted molar refractivity (Wildman–Crippen MR) is 72.5 cm³/mol. The summed E-state index contributed by atoms with van der Waals surface area (Å²) < 4.78 is 0.834. The minimum absolute atomic E-state index is 0.197. The molecule has 2 N–H and O–H groups in total. The zero-order valence-corrected chi connectivity index (χ0v) is 12.0. The van der Waals surface area contributed by atoms with Crippen LogP contribution in [0.25, 0.3) is 0 Å². The van der Waals surface area contributed by atoms with Crippen LogP contribution in [0.2, 0.25) is 0 Å². The topological polar surface area (TPSA) is 66.4 Å². The van der Waals surface area contributed by atoms with Crippen LogP contribution >= 0.6 is 15.9 Å². The number of carboxylic acid groups (broad SMARTS) is 1. The summed E-state index contributed by atoms with van der Waals surface area (Å²) in [7, 11) is 0. The highest BCUT2D eigenvalue weighted by Gasteiger charge is 2.26. The lowest BCUT2D eigenvalue weighted by molar-refractivity contribution is -0.147. The van der Waals surface area contributed by atoms with Crippen LogP contribution in [0.3, 0.4) is 0 Å². The first kappa shape index (κ1) is 14.7. The predicted octanol–water partition coefficient (Wildman–Crippen LogP) is 2.68. The minimum Gasteiger partial charge on any atom is -0.481 e. The Kier molecular flexibility index (Phi) is 4.90. The fourth-order valence-electron chi connectivity index (χ4n) is 1.33. The van der Waals surface area contributed by atoms with E-state index < -0.39 is 11.4 Å². The molecule has 0 aromatic heterocycles. The second-order valence-electron chi connectivity index (χ2n) is 4.71. The lowest BCUT2D eigenvalue weighted by Gasteiger charge is -2.18. The van der Waals surface area contributed by atoms with E-state index in [0.29, 0.717) is 18.5 Å². The monoisotopic (exact) mass is 313 g/mol. The van der Waals surface area contributed by atoms with Gasteiger partial charge in [0.1, 0.15) is 0 Å². The van der Waals surface area contributed by atoms with Crippen molar-refractivity contribution < 1.29 is 14.7 Å². The Labute approximate surface area is 115 Å². The van der Waals surface area contributed by atoms with Crippen LogP contribution in [0, 0.1) is 5.41 Å². The molecule has 0 radical (unpaired) electrons. The molecule has 0 heterocycles. The molecule has 5 heteroatoms. The number of rotatable bonds is 5. The highest BCUT2D eigenvalue weighted by atomic mass is 79.9. The summed E-state index contributed by atoms with van der Waals surface area (Å²) >= 11 is 3.29. The van der Waals surface area contributed by atoms with E-state index in [9.17, 15) is 9.59 Å². The summed E-state index contributed by atoms with van der Waals surface area (Å²) in [6.07, 6.45) is 0.391. The van der Waals surface area contributed by atoms with Crippen LogP contribution in [-0.2, 0) is 4.79 Å². The van der Waals surface area contributed by atoms with Gasteiger partial charge in [0.05, 0.1) is 5.41 Å². The molecule has 0 spiro atoms. The Bertz CT molecular complexity index is 457. The third-order valence-electron chi connectivity index (χ3n) is 2.70. The third kappa shape index (κ3) is 4.14. The normalized spacial score (nSPS) is 11.1. The maximum Gasteiger partial charge on any atom is 0.309 e. The molecule has 1 aromatic rings. The standard InChI is InChI=1S/C13H16BrNO3/c1-13(2,12(17)18)6-7-15-11(16)9-4-3-5-10(14)8-9/h3-5,8H,6-7H2,1-2H3,(H,15,16)(H,17,18). The molecule has 0 unspecified atom stereocenters. The molecule has 18 heavy (non-hydrogen) atoms. The molecule has 0 bridgehead atoms.